The Morgan fingerprint density at radius 1 is 0.345 bits per heavy atom. The van der Waals surface area contributed by atoms with Crippen molar-refractivity contribution in [2.75, 3.05) is 4.90 Å². The fourth-order valence-corrected chi connectivity index (χ4v) is 9.33. The lowest BCUT2D eigenvalue weighted by molar-refractivity contribution is 0.670. The highest BCUT2D eigenvalue weighted by molar-refractivity contribution is 7.25. The molecule has 11 aromatic rings. The maximum absolute atomic E-state index is 6.48. The minimum Gasteiger partial charge on any atom is -0.455 e. The quantitative estimate of drug-likeness (QED) is 0.170. The van der Waals surface area contributed by atoms with Crippen molar-refractivity contribution in [3.05, 3.63) is 200 Å². The van der Waals surface area contributed by atoms with E-state index in [1.807, 2.05) is 17.4 Å². The van der Waals surface area contributed by atoms with E-state index in [4.69, 9.17) is 4.42 Å². The van der Waals surface area contributed by atoms with E-state index in [1.165, 1.54) is 42.1 Å². The molecular weight excluding hydrogens is 687 g/mol. The van der Waals surface area contributed by atoms with Crippen LogP contribution in [0.15, 0.2) is 205 Å². The van der Waals surface area contributed by atoms with E-state index < -0.39 is 0 Å². The van der Waals surface area contributed by atoms with Crippen LogP contribution in [0, 0.1) is 0 Å². The lowest BCUT2D eigenvalue weighted by atomic mass is 9.98. The highest BCUT2D eigenvalue weighted by Crippen LogP contribution is 2.43. The number of fused-ring (bicyclic) bond motifs is 7. The van der Waals surface area contributed by atoms with Gasteiger partial charge in [0.05, 0.1) is 0 Å². The van der Waals surface area contributed by atoms with E-state index in [-0.39, 0.29) is 0 Å². The van der Waals surface area contributed by atoms with Crippen LogP contribution in [0.2, 0.25) is 0 Å². The summed E-state index contributed by atoms with van der Waals surface area (Å²) in [5.41, 5.74) is 12.2. The van der Waals surface area contributed by atoms with Crippen LogP contribution in [0.25, 0.3) is 86.3 Å². The molecule has 258 valence electrons. The molecule has 0 N–H and O–H groups in total. The molecule has 55 heavy (non-hydrogen) atoms. The molecule has 0 fully saturated rings. The molecule has 3 heteroatoms. The van der Waals surface area contributed by atoms with Gasteiger partial charge in [-0.2, -0.15) is 0 Å². The molecule has 11 rings (SSSR count). The number of nitrogens with zero attached hydrogens (tertiary/aromatic N) is 1. The third-order valence-corrected chi connectivity index (χ3v) is 12.0. The second kappa shape index (κ2) is 12.9. The first-order valence-electron chi connectivity index (χ1n) is 18.7. The zero-order valence-electron chi connectivity index (χ0n) is 29.8. The van der Waals surface area contributed by atoms with Crippen LogP contribution in [0.3, 0.4) is 0 Å². The number of rotatable bonds is 6. The Kier molecular flexibility index (Phi) is 7.39. The van der Waals surface area contributed by atoms with Gasteiger partial charge in [0.1, 0.15) is 11.2 Å². The summed E-state index contributed by atoms with van der Waals surface area (Å²) in [6.45, 7) is 0. The molecule has 0 amide bonds. The van der Waals surface area contributed by atoms with E-state index in [0.29, 0.717) is 0 Å². The minimum absolute atomic E-state index is 0.897. The van der Waals surface area contributed by atoms with Crippen LogP contribution in [-0.4, -0.2) is 0 Å². The van der Waals surface area contributed by atoms with Gasteiger partial charge in [-0.25, -0.2) is 0 Å². The van der Waals surface area contributed by atoms with E-state index in [1.54, 1.807) is 0 Å². The minimum atomic E-state index is 0.897. The largest absolute Gasteiger partial charge is 0.455 e. The number of benzene rings is 9. The van der Waals surface area contributed by atoms with Crippen molar-refractivity contribution >= 4 is 81.3 Å². The van der Waals surface area contributed by atoms with Crippen LogP contribution in [-0.2, 0) is 0 Å². The maximum atomic E-state index is 6.48. The van der Waals surface area contributed by atoms with Gasteiger partial charge in [0, 0.05) is 53.6 Å². The number of hydrogen-bond acceptors (Lipinski definition) is 3. The van der Waals surface area contributed by atoms with E-state index in [0.717, 1.165) is 61.3 Å². The summed E-state index contributed by atoms with van der Waals surface area (Å²) < 4.78 is 9.07. The van der Waals surface area contributed by atoms with Crippen molar-refractivity contribution in [2.45, 2.75) is 0 Å². The Hall–Kier alpha value is -6.94. The van der Waals surface area contributed by atoms with E-state index >= 15 is 0 Å². The van der Waals surface area contributed by atoms with Gasteiger partial charge < -0.3 is 9.32 Å². The molecule has 0 spiro atoms. The molecule has 2 nitrogen and oxygen atoms in total. The zero-order chi connectivity index (χ0) is 36.3. The SMILES string of the molecule is c1ccc(-c2cccc3c2oc2ccc(-c4ccc(N(c5ccc(-c6cccc7ccccc67)cc5)c5ccc6c(c5)sc5ccccc56)cc4)cc23)cc1. The topological polar surface area (TPSA) is 16.4 Å². The van der Waals surface area contributed by atoms with Crippen molar-refractivity contribution in [3.63, 3.8) is 0 Å². The van der Waals surface area contributed by atoms with Gasteiger partial charge in [-0.1, -0.05) is 146 Å². The lowest BCUT2D eigenvalue weighted by Gasteiger charge is -2.26. The third kappa shape index (κ3) is 5.40. The average molecular weight is 720 g/mol. The summed E-state index contributed by atoms with van der Waals surface area (Å²) in [4.78, 5) is 2.37. The standard InChI is InChI=1S/C52H33NOS/c1-2-10-36(11-3-1)44-17-9-18-47-48-32-38(24-31-49(48)54-52(44)47)34-20-25-39(26-21-34)53(41-29-30-46-45-15-6-7-19-50(45)55-51(46)33-41)40-27-22-37(23-28-40)43-16-8-13-35-12-4-5-14-42(35)43/h1-33H. The first-order chi connectivity index (χ1) is 27.2. The molecule has 0 atom stereocenters. The predicted molar refractivity (Wildman–Crippen MR) is 235 cm³/mol. The Balaban J connectivity index is 0.997. The molecule has 0 radical (unpaired) electrons. The Labute approximate surface area is 322 Å². The molecule has 0 aliphatic carbocycles. The van der Waals surface area contributed by atoms with E-state index in [2.05, 4.69) is 199 Å². The first-order valence-corrected chi connectivity index (χ1v) is 19.5. The molecule has 0 saturated carbocycles. The van der Waals surface area contributed by atoms with Crippen molar-refractivity contribution in [2.24, 2.45) is 0 Å². The zero-order valence-corrected chi connectivity index (χ0v) is 30.6. The summed E-state index contributed by atoms with van der Waals surface area (Å²) in [5, 5.41) is 7.37. The normalized spacial score (nSPS) is 11.6. The number of thiophene rings is 1. The number of anilines is 3. The van der Waals surface area contributed by atoms with Crippen molar-refractivity contribution < 1.29 is 4.42 Å². The number of hydrogen-bond donors (Lipinski definition) is 0. The smallest absolute Gasteiger partial charge is 0.143 e. The van der Waals surface area contributed by atoms with Gasteiger partial charge in [0.15, 0.2) is 0 Å². The van der Waals surface area contributed by atoms with Crippen LogP contribution in [0.4, 0.5) is 17.1 Å². The molecule has 0 aliphatic rings. The molecule has 0 saturated heterocycles. The molecular formula is C52H33NOS. The molecule has 9 aromatic carbocycles. The van der Waals surface area contributed by atoms with Crippen LogP contribution >= 0.6 is 11.3 Å². The second-order valence-electron chi connectivity index (χ2n) is 14.1. The Morgan fingerprint density at radius 3 is 1.78 bits per heavy atom. The molecule has 2 heterocycles. The fraction of sp³-hybridized carbons (Fsp3) is 0. The number of furan rings is 1. The summed E-state index contributed by atoms with van der Waals surface area (Å²) in [7, 11) is 0. The van der Waals surface area contributed by atoms with Crippen molar-refractivity contribution in [1.82, 2.24) is 0 Å². The highest BCUT2D eigenvalue weighted by Gasteiger charge is 2.17. The van der Waals surface area contributed by atoms with Gasteiger partial charge in [0.25, 0.3) is 0 Å². The van der Waals surface area contributed by atoms with Crippen molar-refractivity contribution in [3.8, 4) is 33.4 Å². The average Bonchev–Trinajstić information content (AvgIpc) is 3.82. The Bertz CT molecular complexity index is 3190. The second-order valence-corrected chi connectivity index (χ2v) is 15.2. The van der Waals surface area contributed by atoms with Crippen LogP contribution in [0.1, 0.15) is 0 Å². The van der Waals surface area contributed by atoms with Gasteiger partial charge >= 0.3 is 0 Å². The number of para-hydroxylation sites is 1. The highest BCUT2D eigenvalue weighted by atomic mass is 32.1. The summed E-state index contributed by atoms with van der Waals surface area (Å²) >= 11 is 1.85. The molecule has 0 aliphatic heterocycles. The first kappa shape index (κ1) is 31.6. The van der Waals surface area contributed by atoms with Crippen molar-refractivity contribution in [1.29, 1.82) is 0 Å². The molecule has 0 unspecified atom stereocenters. The van der Waals surface area contributed by atoms with Gasteiger partial charge in [-0.3, -0.25) is 0 Å². The predicted octanol–water partition coefficient (Wildman–Crippen LogP) is 15.6. The van der Waals surface area contributed by atoms with E-state index in [9.17, 15) is 0 Å². The lowest BCUT2D eigenvalue weighted by Crippen LogP contribution is -2.09. The maximum Gasteiger partial charge on any atom is 0.143 e. The summed E-state index contributed by atoms with van der Waals surface area (Å²) in [6.07, 6.45) is 0. The monoisotopic (exact) mass is 719 g/mol. The molecule has 2 aromatic heterocycles. The summed E-state index contributed by atoms with van der Waals surface area (Å²) in [5.74, 6) is 0. The van der Waals surface area contributed by atoms with Crippen LogP contribution in [0.5, 0.6) is 0 Å². The van der Waals surface area contributed by atoms with Crippen LogP contribution < -0.4 is 4.90 Å². The Morgan fingerprint density at radius 2 is 0.945 bits per heavy atom. The third-order valence-electron chi connectivity index (χ3n) is 10.9. The van der Waals surface area contributed by atoms with Gasteiger partial charge in [0.2, 0.25) is 0 Å². The van der Waals surface area contributed by atoms with Gasteiger partial charge in [-0.15, -0.1) is 11.3 Å². The molecule has 0 bridgehead atoms. The summed E-state index contributed by atoms with van der Waals surface area (Å²) in [6, 6.07) is 72.2. The van der Waals surface area contributed by atoms with Gasteiger partial charge in [-0.05, 0) is 93.2 Å². The fourth-order valence-electron chi connectivity index (χ4n) is 8.19.